The maximum Gasteiger partial charge on any atom is 0.338 e. The highest BCUT2D eigenvalue weighted by atomic mass is 19.1. The number of rotatable bonds is 2. The lowest BCUT2D eigenvalue weighted by molar-refractivity contribution is -0.169. The molecular formula is C14H17FN2O4. The van der Waals surface area contributed by atoms with Crippen molar-refractivity contribution in [3.63, 3.8) is 0 Å². The Morgan fingerprint density at radius 3 is 2.48 bits per heavy atom. The first kappa shape index (κ1) is 14.1. The molecule has 21 heavy (non-hydrogen) atoms. The standard InChI is InChI=1S/C14H17FN2O4/c15-10-8-12(11(16)7-9(10)13(18)19)17-3-1-14(2-4-17)20-5-6-21-14/h7-8H,1-6,16H2,(H,18,19). The van der Waals surface area contributed by atoms with Crippen LogP contribution in [0.1, 0.15) is 23.2 Å². The van der Waals surface area contributed by atoms with Gasteiger partial charge < -0.3 is 25.2 Å². The van der Waals surface area contributed by atoms with Crippen molar-refractivity contribution < 1.29 is 23.8 Å². The van der Waals surface area contributed by atoms with Crippen molar-refractivity contribution >= 4 is 17.3 Å². The van der Waals surface area contributed by atoms with Crippen LogP contribution in [0, 0.1) is 5.82 Å². The monoisotopic (exact) mass is 296 g/mol. The third-order valence-electron chi connectivity index (χ3n) is 4.03. The lowest BCUT2D eigenvalue weighted by atomic mass is 10.0. The molecule has 0 bridgehead atoms. The fraction of sp³-hybridized carbons (Fsp3) is 0.500. The third kappa shape index (κ3) is 2.54. The highest BCUT2D eigenvalue weighted by Gasteiger charge is 2.40. The van der Waals surface area contributed by atoms with Gasteiger partial charge in [-0.1, -0.05) is 0 Å². The first-order valence-corrected chi connectivity index (χ1v) is 6.86. The molecule has 1 aromatic rings. The van der Waals surface area contributed by atoms with E-state index >= 15 is 0 Å². The van der Waals surface area contributed by atoms with Crippen LogP contribution in [0.15, 0.2) is 12.1 Å². The van der Waals surface area contributed by atoms with Gasteiger partial charge in [-0.3, -0.25) is 0 Å². The summed E-state index contributed by atoms with van der Waals surface area (Å²) in [6, 6.07) is 2.35. The predicted molar refractivity (Wildman–Crippen MR) is 73.9 cm³/mol. The zero-order chi connectivity index (χ0) is 15.0. The van der Waals surface area contributed by atoms with E-state index in [4.69, 9.17) is 20.3 Å². The molecule has 2 saturated heterocycles. The van der Waals surface area contributed by atoms with Crippen LogP contribution in [-0.4, -0.2) is 43.2 Å². The first-order chi connectivity index (χ1) is 10.0. The topological polar surface area (TPSA) is 85.0 Å². The minimum Gasteiger partial charge on any atom is -0.478 e. The fourth-order valence-corrected chi connectivity index (χ4v) is 2.89. The second-order valence-electron chi connectivity index (χ2n) is 5.29. The number of nitrogens with two attached hydrogens (primary N) is 1. The number of hydrogen-bond acceptors (Lipinski definition) is 5. The van der Waals surface area contributed by atoms with Crippen molar-refractivity contribution in [2.75, 3.05) is 36.9 Å². The van der Waals surface area contributed by atoms with E-state index in [-0.39, 0.29) is 5.69 Å². The van der Waals surface area contributed by atoms with Crippen LogP contribution < -0.4 is 10.6 Å². The Balaban J connectivity index is 1.79. The van der Waals surface area contributed by atoms with Gasteiger partial charge in [-0.25, -0.2) is 9.18 Å². The average Bonchev–Trinajstić information content (AvgIpc) is 2.90. The Morgan fingerprint density at radius 2 is 1.90 bits per heavy atom. The van der Waals surface area contributed by atoms with Gasteiger partial charge in [0.2, 0.25) is 0 Å². The Bertz CT molecular complexity index is 562. The molecule has 0 aliphatic carbocycles. The van der Waals surface area contributed by atoms with Crippen molar-refractivity contribution in [2.45, 2.75) is 18.6 Å². The number of nitrogen functional groups attached to an aromatic ring is 1. The molecule has 0 amide bonds. The molecule has 3 N–H and O–H groups in total. The van der Waals surface area contributed by atoms with Crippen LogP contribution >= 0.6 is 0 Å². The summed E-state index contributed by atoms with van der Waals surface area (Å²) < 4.78 is 25.1. The number of nitrogens with zero attached hydrogens (tertiary/aromatic N) is 1. The molecule has 2 heterocycles. The summed E-state index contributed by atoms with van der Waals surface area (Å²) in [6.07, 6.45) is 1.35. The van der Waals surface area contributed by atoms with E-state index in [1.165, 1.54) is 12.1 Å². The Morgan fingerprint density at radius 1 is 1.29 bits per heavy atom. The molecule has 2 aliphatic rings. The number of benzene rings is 1. The lowest BCUT2D eigenvalue weighted by Gasteiger charge is -2.39. The molecule has 0 unspecified atom stereocenters. The highest BCUT2D eigenvalue weighted by Crippen LogP contribution is 2.35. The van der Waals surface area contributed by atoms with Gasteiger partial charge in [-0.15, -0.1) is 0 Å². The summed E-state index contributed by atoms with van der Waals surface area (Å²) in [5, 5.41) is 8.89. The SMILES string of the molecule is Nc1cc(C(=O)O)c(F)cc1N1CCC2(CC1)OCCO2. The molecule has 0 atom stereocenters. The summed E-state index contributed by atoms with van der Waals surface area (Å²) >= 11 is 0. The molecular weight excluding hydrogens is 279 g/mol. The van der Waals surface area contributed by atoms with Gasteiger partial charge in [0, 0.05) is 32.0 Å². The summed E-state index contributed by atoms with van der Waals surface area (Å²) in [4.78, 5) is 12.8. The Hall–Kier alpha value is -1.86. The van der Waals surface area contributed by atoms with Crippen LogP contribution in [0.3, 0.4) is 0 Å². The van der Waals surface area contributed by atoms with E-state index in [1.807, 2.05) is 4.90 Å². The number of carbonyl (C=O) groups is 1. The smallest absolute Gasteiger partial charge is 0.338 e. The van der Waals surface area contributed by atoms with E-state index in [1.54, 1.807) is 0 Å². The van der Waals surface area contributed by atoms with E-state index < -0.39 is 23.1 Å². The van der Waals surface area contributed by atoms with Crippen molar-refractivity contribution in [2.24, 2.45) is 0 Å². The Kier molecular flexibility index (Phi) is 3.46. The molecule has 0 saturated carbocycles. The minimum absolute atomic E-state index is 0.262. The molecule has 1 aromatic carbocycles. The van der Waals surface area contributed by atoms with Gasteiger partial charge in [-0.05, 0) is 6.07 Å². The molecule has 6 nitrogen and oxygen atoms in total. The molecule has 0 radical (unpaired) electrons. The predicted octanol–water partition coefficient (Wildman–Crippen LogP) is 1.45. The number of carboxylic acid groups (broad SMARTS) is 1. The van der Waals surface area contributed by atoms with Gasteiger partial charge in [-0.2, -0.15) is 0 Å². The maximum atomic E-state index is 13.8. The molecule has 7 heteroatoms. The highest BCUT2D eigenvalue weighted by molar-refractivity contribution is 5.91. The van der Waals surface area contributed by atoms with Gasteiger partial charge in [0.15, 0.2) is 5.79 Å². The quantitative estimate of drug-likeness (QED) is 0.804. The van der Waals surface area contributed by atoms with E-state index in [2.05, 4.69) is 0 Å². The molecule has 3 rings (SSSR count). The first-order valence-electron chi connectivity index (χ1n) is 6.86. The summed E-state index contributed by atoms with van der Waals surface area (Å²) in [7, 11) is 0. The average molecular weight is 296 g/mol. The molecule has 1 spiro atoms. The summed E-state index contributed by atoms with van der Waals surface area (Å²) in [5.41, 5.74) is 6.24. The normalized spacial score (nSPS) is 20.9. The number of ether oxygens (including phenoxy) is 2. The number of anilines is 2. The number of halogens is 1. The van der Waals surface area contributed by atoms with Crippen LogP contribution in [0.5, 0.6) is 0 Å². The van der Waals surface area contributed by atoms with Crippen LogP contribution in [0.2, 0.25) is 0 Å². The zero-order valence-corrected chi connectivity index (χ0v) is 11.5. The largest absolute Gasteiger partial charge is 0.478 e. The van der Waals surface area contributed by atoms with Crippen LogP contribution in [0.25, 0.3) is 0 Å². The zero-order valence-electron chi connectivity index (χ0n) is 11.5. The van der Waals surface area contributed by atoms with E-state index in [9.17, 15) is 9.18 Å². The van der Waals surface area contributed by atoms with Crippen molar-refractivity contribution in [1.29, 1.82) is 0 Å². The lowest BCUT2D eigenvalue weighted by Crippen LogP contribution is -2.45. The number of hydrogen-bond donors (Lipinski definition) is 2. The van der Waals surface area contributed by atoms with Gasteiger partial charge >= 0.3 is 5.97 Å². The van der Waals surface area contributed by atoms with Crippen molar-refractivity contribution in [1.82, 2.24) is 0 Å². The van der Waals surface area contributed by atoms with E-state index in [0.29, 0.717) is 44.8 Å². The van der Waals surface area contributed by atoms with Crippen LogP contribution in [0.4, 0.5) is 15.8 Å². The van der Waals surface area contributed by atoms with Crippen molar-refractivity contribution in [3.05, 3.63) is 23.5 Å². The van der Waals surface area contributed by atoms with Gasteiger partial charge in [0.1, 0.15) is 5.82 Å². The second-order valence-corrected chi connectivity index (χ2v) is 5.29. The molecule has 0 aromatic heterocycles. The van der Waals surface area contributed by atoms with Crippen molar-refractivity contribution in [3.8, 4) is 0 Å². The van der Waals surface area contributed by atoms with Crippen LogP contribution in [-0.2, 0) is 9.47 Å². The fourth-order valence-electron chi connectivity index (χ4n) is 2.89. The number of piperidine rings is 1. The third-order valence-corrected chi connectivity index (χ3v) is 4.03. The minimum atomic E-state index is -1.32. The molecule has 2 fully saturated rings. The molecule has 114 valence electrons. The Labute approximate surface area is 121 Å². The van der Waals surface area contributed by atoms with E-state index in [0.717, 1.165) is 0 Å². The van der Waals surface area contributed by atoms with Gasteiger partial charge in [0.25, 0.3) is 0 Å². The summed E-state index contributed by atoms with van der Waals surface area (Å²) in [5.74, 6) is -2.61. The van der Waals surface area contributed by atoms with Gasteiger partial charge in [0.05, 0.1) is 30.2 Å². The second kappa shape index (κ2) is 5.16. The number of carboxylic acids is 1. The summed E-state index contributed by atoms with van der Waals surface area (Å²) in [6.45, 7) is 2.44. The maximum absolute atomic E-state index is 13.8. The number of aromatic carboxylic acids is 1. The molecule has 2 aliphatic heterocycles.